The predicted molar refractivity (Wildman–Crippen MR) is 124 cm³/mol. The number of carbonyl (C=O) groups excluding carboxylic acids is 1. The molecule has 3 N–H and O–H groups in total. The molecular weight excluding hydrogens is 440 g/mol. The Bertz CT molecular complexity index is 1400. The van der Waals surface area contributed by atoms with Crippen molar-refractivity contribution in [3.8, 4) is 5.95 Å². The molecule has 34 heavy (non-hydrogen) atoms. The molecule has 4 heterocycles. The molecule has 1 fully saturated rings. The maximum atomic E-state index is 13.0. The Labute approximate surface area is 193 Å². The van der Waals surface area contributed by atoms with Gasteiger partial charge in [0.25, 0.3) is 11.5 Å². The molecule has 12 heteroatoms. The van der Waals surface area contributed by atoms with E-state index in [0.29, 0.717) is 17.1 Å². The molecule has 1 aliphatic carbocycles. The van der Waals surface area contributed by atoms with Crippen LogP contribution >= 0.6 is 0 Å². The number of nitrogens with zero attached hydrogens (tertiary/aromatic N) is 5. The van der Waals surface area contributed by atoms with Crippen molar-refractivity contribution in [1.82, 2.24) is 30.0 Å². The van der Waals surface area contributed by atoms with Crippen LogP contribution in [0.5, 0.6) is 0 Å². The highest BCUT2D eigenvalue weighted by atomic mass is 16.5. The van der Waals surface area contributed by atoms with E-state index in [1.54, 1.807) is 57.0 Å². The van der Waals surface area contributed by atoms with Crippen LogP contribution in [0.15, 0.2) is 52.2 Å². The van der Waals surface area contributed by atoms with Crippen LogP contribution in [0.4, 0.5) is 17.2 Å². The van der Waals surface area contributed by atoms with Crippen molar-refractivity contribution < 1.29 is 14.1 Å². The van der Waals surface area contributed by atoms with Crippen LogP contribution in [0.2, 0.25) is 0 Å². The number of pyridine rings is 2. The molecule has 0 spiro atoms. The van der Waals surface area contributed by atoms with E-state index in [1.165, 1.54) is 4.57 Å². The third-order valence-corrected chi connectivity index (χ3v) is 5.72. The summed E-state index contributed by atoms with van der Waals surface area (Å²) in [5.41, 5.74) is 1.10. The van der Waals surface area contributed by atoms with Crippen LogP contribution in [0.1, 0.15) is 23.3 Å². The Morgan fingerprint density at radius 1 is 1.21 bits per heavy atom. The molecule has 174 valence electrons. The van der Waals surface area contributed by atoms with Crippen LogP contribution in [-0.2, 0) is 4.74 Å². The van der Waals surface area contributed by atoms with E-state index >= 15 is 0 Å². The minimum atomic E-state index is -0.402. The van der Waals surface area contributed by atoms with Gasteiger partial charge in [-0.3, -0.25) is 14.2 Å². The van der Waals surface area contributed by atoms with Gasteiger partial charge in [-0.2, -0.15) is 0 Å². The second kappa shape index (κ2) is 8.90. The summed E-state index contributed by atoms with van der Waals surface area (Å²) in [5, 5.41) is 12.9. The third-order valence-electron chi connectivity index (χ3n) is 5.72. The topological polar surface area (TPSA) is 149 Å². The number of hydrogen-bond acceptors (Lipinski definition) is 10. The van der Waals surface area contributed by atoms with Crippen molar-refractivity contribution in [2.24, 2.45) is 0 Å². The zero-order valence-electron chi connectivity index (χ0n) is 18.5. The summed E-state index contributed by atoms with van der Waals surface area (Å²) >= 11 is 0. The van der Waals surface area contributed by atoms with Crippen molar-refractivity contribution in [3.63, 3.8) is 0 Å². The first-order chi connectivity index (χ1) is 16.6. The van der Waals surface area contributed by atoms with Crippen molar-refractivity contribution in [2.75, 3.05) is 24.8 Å². The van der Waals surface area contributed by atoms with Crippen LogP contribution in [0.25, 0.3) is 17.0 Å². The molecule has 1 aliphatic rings. The van der Waals surface area contributed by atoms with Gasteiger partial charge in [0, 0.05) is 38.8 Å². The zero-order chi connectivity index (χ0) is 23.7. The molecule has 0 unspecified atom stereocenters. The van der Waals surface area contributed by atoms with E-state index in [9.17, 15) is 9.59 Å². The largest absolute Gasteiger partial charge is 0.385 e. The number of rotatable bonds is 7. The summed E-state index contributed by atoms with van der Waals surface area (Å²) in [7, 11) is 3.33. The number of nitrogens with one attached hydrogen (secondary N) is 3. The molecule has 5 rings (SSSR count). The lowest BCUT2D eigenvalue weighted by Gasteiger charge is -2.35. The fourth-order valence-corrected chi connectivity index (χ4v) is 3.77. The van der Waals surface area contributed by atoms with Gasteiger partial charge in [-0.15, -0.1) is 0 Å². The lowest BCUT2D eigenvalue weighted by molar-refractivity contribution is 0.00718. The van der Waals surface area contributed by atoms with Gasteiger partial charge in [0.2, 0.25) is 11.5 Å². The minimum absolute atomic E-state index is 0.0194. The minimum Gasteiger partial charge on any atom is -0.385 e. The van der Waals surface area contributed by atoms with Gasteiger partial charge in [0.1, 0.15) is 17.0 Å². The standard InChI is InChI=1S/C22H22N8O4/c1-23-14-11-16(26-13-5-3-10-30(21(13)32)22-24-8-4-9-25-22)28-17-18(29-34-19(14)17)20(31)27-12-6-7-15(12)33-2/h3-5,8-12,15H,6-7H2,1-2H3,(H,27,31)(H2,23,26,28)/t12-,15-/m1/s1. The van der Waals surface area contributed by atoms with E-state index in [0.717, 1.165) is 12.8 Å². The highest BCUT2D eigenvalue weighted by molar-refractivity contribution is 6.05. The Balaban J connectivity index is 1.48. The number of anilines is 3. The molecule has 12 nitrogen and oxygen atoms in total. The number of carbonyl (C=O) groups is 1. The van der Waals surface area contributed by atoms with E-state index in [-0.39, 0.29) is 40.6 Å². The molecule has 0 aliphatic heterocycles. The zero-order valence-corrected chi connectivity index (χ0v) is 18.5. The Hall–Kier alpha value is -4.32. The number of fused-ring (bicyclic) bond motifs is 1. The Morgan fingerprint density at radius 3 is 2.74 bits per heavy atom. The summed E-state index contributed by atoms with van der Waals surface area (Å²) < 4.78 is 12.1. The van der Waals surface area contributed by atoms with Gasteiger partial charge < -0.3 is 25.2 Å². The number of methoxy groups -OCH3 is 1. The van der Waals surface area contributed by atoms with Crippen LogP contribution in [0.3, 0.4) is 0 Å². The van der Waals surface area contributed by atoms with Gasteiger partial charge in [-0.05, 0) is 31.0 Å². The summed E-state index contributed by atoms with van der Waals surface area (Å²) in [6.07, 6.45) is 6.39. The molecule has 4 aromatic heterocycles. The van der Waals surface area contributed by atoms with Gasteiger partial charge >= 0.3 is 0 Å². The third kappa shape index (κ3) is 3.83. The highest BCUT2D eigenvalue weighted by Crippen LogP contribution is 2.29. The normalized spacial score (nSPS) is 17.2. The maximum Gasteiger partial charge on any atom is 0.281 e. The van der Waals surface area contributed by atoms with Crippen LogP contribution in [-0.4, -0.2) is 56.9 Å². The van der Waals surface area contributed by atoms with Gasteiger partial charge in [-0.1, -0.05) is 5.16 Å². The lowest BCUT2D eigenvalue weighted by Crippen LogP contribution is -2.51. The number of amides is 1. The monoisotopic (exact) mass is 462 g/mol. The predicted octanol–water partition coefficient (Wildman–Crippen LogP) is 1.86. The summed E-state index contributed by atoms with van der Waals surface area (Å²) in [6.45, 7) is 0. The second-order valence-corrected chi connectivity index (χ2v) is 7.72. The van der Waals surface area contributed by atoms with Gasteiger partial charge in [0.15, 0.2) is 5.69 Å². The quantitative estimate of drug-likeness (QED) is 0.371. The van der Waals surface area contributed by atoms with Crippen molar-refractivity contribution in [1.29, 1.82) is 0 Å². The molecule has 0 bridgehead atoms. The smallest absolute Gasteiger partial charge is 0.281 e. The molecular formula is C22H22N8O4. The van der Waals surface area contributed by atoms with Crippen LogP contribution < -0.4 is 21.5 Å². The van der Waals surface area contributed by atoms with E-state index < -0.39 is 5.91 Å². The van der Waals surface area contributed by atoms with Crippen molar-refractivity contribution >= 4 is 34.2 Å². The fraction of sp³-hybridized carbons (Fsp3) is 0.273. The SMILES string of the molecule is CNc1cc(Nc2cccn(-c3ncccn3)c2=O)nc2c(C(=O)N[C@@H]3CC[C@H]3OC)noc12. The van der Waals surface area contributed by atoms with Crippen molar-refractivity contribution in [2.45, 2.75) is 25.0 Å². The highest BCUT2D eigenvalue weighted by Gasteiger charge is 2.33. The first-order valence-electron chi connectivity index (χ1n) is 10.7. The molecule has 2 atom stereocenters. The van der Waals surface area contributed by atoms with Gasteiger partial charge in [0.05, 0.1) is 17.8 Å². The lowest BCUT2D eigenvalue weighted by atomic mass is 9.89. The second-order valence-electron chi connectivity index (χ2n) is 7.72. The van der Waals surface area contributed by atoms with E-state index in [2.05, 4.69) is 36.1 Å². The van der Waals surface area contributed by atoms with Crippen molar-refractivity contribution in [3.05, 3.63) is 58.9 Å². The number of aromatic nitrogens is 5. The average molecular weight is 462 g/mol. The maximum absolute atomic E-state index is 13.0. The number of ether oxygens (including phenoxy) is 1. The average Bonchev–Trinajstić information content (AvgIpc) is 3.27. The molecule has 0 saturated heterocycles. The summed E-state index contributed by atoms with van der Waals surface area (Å²) in [4.78, 5) is 38.6. The first-order valence-corrected chi connectivity index (χ1v) is 10.7. The summed E-state index contributed by atoms with van der Waals surface area (Å²) in [6, 6.07) is 6.56. The van der Waals surface area contributed by atoms with Gasteiger partial charge in [-0.25, -0.2) is 15.0 Å². The molecule has 0 radical (unpaired) electrons. The fourth-order valence-electron chi connectivity index (χ4n) is 3.77. The van der Waals surface area contributed by atoms with E-state index in [4.69, 9.17) is 9.26 Å². The summed E-state index contributed by atoms with van der Waals surface area (Å²) in [5.74, 6) is 0.177. The molecule has 1 saturated carbocycles. The number of hydrogen-bond donors (Lipinski definition) is 3. The first kappa shape index (κ1) is 21.5. The van der Waals surface area contributed by atoms with E-state index in [1.807, 2.05) is 0 Å². The Morgan fingerprint density at radius 2 is 2.03 bits per heavy atom. The molecule has 4 aromatic rings. The Kier molecular flexibility index (Phi) is 5.64. The molecule has 1 amide bonds. The molecule has 0 aromatic carbocycles. The van der Waals surface area contributed by atoms with Crippen LogP contribution in [0, 0.1) is 0 Å².